The lowest BCUT2D eigenvalue weighted by Gasteiger charge is -2.29. The van der Waals surface area contributed by atoms with Gasteiger partial charge in [0, 0.05) is 18.1 Å². The summed E-state index contributed by atoms with van der Waals surface area (Å²) in [6.07, 6.45) is 3.17. The van der Waals surface area contributed by atoms with Crippen LogP contribution in [0.3, 0.4) is 0 Å². The van der Waals surface area contributed by atoms with E-state index < -0.39 is 11.5 Å². The quantitative estimate of drug-likeness (QED) is 0.875. The minimum atomic E-state index is -1.10. The fraction of sp³-hybridized carbons (Fsp3) is 0.312. The number of carbonyl (C=O) groups excluding carboxylic acids is 1. The topological polar surface area (TPSA) is 64.1 Å². The SMILES string of the molecule is COC(=O)C(C)(Nc1cccc(C)c1)c1nccnc1C. The monoisotopic (exact) mass is 285 g/mol. The minimum Gasteiger partial charge on any atom is -0.467 e. The number of aromatic nitrogens is 2. The van der Waals surface area contributed by atoms with E-state index >= 15 is 0 Å². The largest absolute Gasteiger partial charge is 0.467 e. The summed E-state index contributed by atoms with van der Waals surface area (Å²) in [5.41, 5.74) is 2.07. The number of aryl methyl sites for hydroxylation is 2. The van der Waals surface area contributed by atoms with Gasteiger partial charge in [-0.3, -0.25) is 9.97 Å². The van der Waals surface area contributed by atoms with Crippen molar-refractivity contribution in [1.82, 2.24) is 9.97 Å². The van der Waals surface area contributed by atoms with Crippen LogP contribution in [-0.2, 0) is 15.1 Å². The maximum absolute atomic E-state index is 12.3. The summed E-state index contributed by atoms with van der Waals surface area (Å²) in [5.74, 6) is -0.410. The molecule has 0 aliphatic carbocycles. The van der Waals surface area contributed by atoms with Crippen molar-refractivity contribution < 1.29 is 9.53 Å². The van der Waals surface area contributed by atoms with Gasteiger partial charge in [-0.15, -0.1) is 0 Å². The van der Waals surface area contributed by atoms with Crippen LogP contribution in [0.4, 0.5) is 5.69 Å². The van der Waals surface area contributed by atoms with Crippen molar-refractivity contribution in [1.29, 1.82) is 0 Å². The van der Waals surface area contributed by atoms with Gasteiger partial charge in [-0.05, 0) is 38.5 Å². The average molecular weight is 285 g/mol. The van der Waals surface area contributed by atoms with Crippen LogP contribution in [0.25, 0.3) is 0 Å². The van der Waals surface area contributed by atoms with Crippen LogP contribution in [0.15, 0.2) is 36.7 Å². The highest BCUT2D eigenvalue weighted by Gasteiger charge is 2.39. The molecule has 110 valence electrons. The van der Waals surface area contributed by atoms with Gasteiger partial charge in [-0.1, -0.05) is 12.1 Å². The maximum atomic E-state index is 12.3. The van der Waals surface area contributed by atoms with Crippen LogP contribution in [0.5, 0.6) is 0 Å². The Morgan fingerprint density at radius 3 is 2.57 bits per heavy atom. The number of rotatable bonds is 4. The molecule has 0 amide bonds. The lowest BCUT2D eigenvalue weighted by atomic mass is 9.95. The summed E-state index contributed by atoms with van der Waals surface area (Å²) in [7, 11) is 1.37. The van der Waals surface area contributed by atoms with E-state index in [1.165, 1.54) is 7.11 Å². The van der Waals surface area contributed by atoms with E-state index in [-0.39, 0.29) is 0 Å². The van der Waals surface area contributed by atoms with E-state index in [9.17, 15) is 4.79 Å². The Bertz CT molecular complexity index is 657. The molecule has 0 saturated heterocycles. The van der Waals surface area contributed by atoms with Gasteiger partial charge >= 0.3 is 5.97 Å². The third kappa shape index (κ3) is 3.02. The first-order valence-electron chi connectivity index (χ1n) is 6.68. The molecule has 1 N–H and O–H groups in total. The molecule has 1 atom stereocenters. The normalized spacial score (nSPS) is 13.3. The molecule has 5 heteroatoms. The molecule has 0 aliphatic heterocycles. The Balaban J connectivity index is 2.48. The van der Waals surface area contributed by atoms with Crippen LogP contribution in [0.1, 0.15) is 23.9 Å². The highest BCUT2D eigenvalue weighted by Crippen LogP contribution is 2.28. The molecule has 21 heavy (non-hydrogen) atoms. The van der Waals surface area contributed by atoms with Crippen LogP contribution >= 0.6 is 0 Å². The third-order valence-electron chi connectivity index (χ3n) is 3.36. The fourth-order valence-electron chi connectivity index (χ4n) is 2.32. The maximum Gasteiger partial charge on any atom is 0.337 e. The summed E-state index contributed by atoms with van der Waals surface area (Å²) >= 11 is 0. The highest BCUT2D eigenvalue weighted by atomic mass is 16.5. The second-order valence-corrected chi connectivity index (χ2v) is 5.10. The van der Waals surface area contributed by atoms with Crippen molar-refractivity contribution in [3.05, 3.63) is 53.6 Å². The number of esters is 1. The molecule has 2 rings (SSSR count). The molecule has 1 aromatic carbocycles. The summed E-state index contributed by atoms with van der Waals surface area (Å²) < 4.78 is 4.96. The standard InChI is InChI=1S/C16H19N3O2/c1-11-6-5-7-13(10-11)19-16(3,15(20)21-4)14-12(2)17-8-9-18-14/h5-10,19H,1-4H3. The number of hydrogen-bond acceptors (Lipinski definition) is 5. The van der Waals surface area contributed by atoms with E-state index in [1.807, 2.05) is 38.1 Å². The zero-order valence-corrected chi connectivity index (χ0v) is 12.7. The summed E-state index contributed by atoms with van der Waals surface area (Å²) in [6, 6.07) is 7.79. The summed E-state index contributed by atoms with van der Waals surface area (Å²) in [6.45, 7) is 5.56. The molecule has 0 bridgehead atoms. The molecule has 1 heterocycles. The highest BCUT2D eigenvalue weighted by molar-refractivity contribution is 5.85. The molecule has 2 aromatic rings. The number of hydrogen-bond donors (Lipinski definition) is 1. The Kier molecular flexibility index (Phi) is 4.21. The van der Waals surface area contributed by atoms with Crippen molar-refractivity contribution in [2.24, 2.45) is 0 Å². The molecule has 0 fully saturated rings. The number of benzene rings is 1. The van der Waals surface area contributed by atoms with Crippen LogP contribution in [0.2, 0.25) is 0 Å². The van der Waals surface area contributed by atoms with E-state index in [0.29, 0.717) is 11.4 Å². The van der Waals surface area contributed by atoms with Crippen LogP contribution in [0, 0.1) is 13.8 Å². The number of nitrogens with zero attached hydrogens (tertiary/aromatic N) is 2. The van der Waals surface area contributed by atoms with Gasteiger partial charge in [0.25, 0.3) is 0 Å². The predicted octanol–water partition coefficient (Wildman–Crippen LogP) is 2.59. The summed E-state index contributed by atoms with van der Waals surface area (Å²) in [5, 5.41) is 3.23. The Morgan fingerprint density at radius 2 is 1.95 bits per heavy atom. The molecular formula is C16H19N3O2. The fourth-order valence-corrected chi connectivity index (χ4v) is 2.32. The molecule has 1 aromatic heterocycles. The van der Waals surface area contributed by atoms with Crippen LogP contribution < -0.4 is 5.32 Å². The van der Waals surface area contributed by atoms with Gasteiger partial charge in [-0.2, -0.15) is 0 Å². The van der Waals surface area contributed by atoms with Gasteiger partial charge in [0.1, 0.15) is 0 Å². The van der Waals surface area contributed by atoms with Crippen molar-refractivity contribution in [2.75, 3.05) is 12.4 Å². The van der Waals surface area contributed by atoms with Crippen molar-refractivity contribution >= 4 is 11.7 Å². The van der Waals surface area contributed by atoms with E-state index in [4.69, 9.17) is 4.74 Å². The number of carbonyl (C=O) groups is 1. The van der Waals surface area contributed by atoms with Crippen molar-refractivity contribution in [2.45, 2.75) is 26.3 Å². The Labute approximate surface area is 124 Å². The lowest BCUT2D eigenvalue weighted by Crippen LogP contribution is -2.43. The van der Waals surface area contributed by atoms with Gasteiger partial charge in [-0.25, -0.2) is 4.79 Å². The summed E-state index contributed by atoms with van der Waals surface area (Å²) in [4.78, 5) is 20.8. The van der Waals surface area contributed by atoms with Gasteiger partial charge in [0.15, 0.2) is 5.54 Å². The first-order valence-corrected chi connectivity index (χ1v) is 6.68. The number of methoxy groups -OCH3 is 1. The lowest BCUT2D eigenvalue weighted by molar-refractivity contribution is -0.145. The van der Waals surface area contributed by atoms with Crippen molar-refractivity contribution in [3.63, 3.8) is 0 Å². The first-order chi connectivity index (χ1) is 9.97. The molecule has 5 nitrogen and oxygen atoms in total. The number of ether oxygens (including phenoxy) is 1. The Morgan fingerprint density at radius 1 is 1.24 bits per heavy atom. The van der Waals surface area contributed by atoms with E-state index in [2.05, 4.69) is 15.3 Å². The number of nitrogens with one attached hydrogen (secondary N) is 1. The molecular weight excluding hydrogens is 266 g/mol. The molecule has 0 aliphatic rings. The second kappa shape index (κ2) is 5.91. The molecule has 0 saturated carbocycles. The first kappa shape index (κ1) is 15.0. The molecule has 0 spiro atoms. The zero-order valence-electron chi connectivity index (χ0n) is 12.7. The van der Waals surface area contributed by atoms with Crippen molar-refractivity contribution in [3.8, 4) is 0 Å². The minimum absolute atomic E-state index is 0.410. The zero-order chi connectivity index (χ0) is 15.5. The smallest absolute Gasteiger partial charge is 0.337 e. The average Bonchev–Trinajstić information content (AvgIpc) is 2.46. The second-order valence-electron chi connectivity index (χ2n) is 5.10. The van der Waals surface area contributed by atoms with Gasteiger partial charge in [0.05, 0.1) is 18.5 Å². The molecule has 1 unspecified atom stereocenters. The van der Waals surface area contributed by atoms with Gasteiger partial charge < -0.3 is 10.1 Å². The van der Waals surface area contributed by atoms with E-state index in [0.717, 1.165) is 11.3 Å². The van der Waals surface area contributed by atoms with E-state index in [1.54, 1.807) is 19.3 Å². The van der Waals surface area contributed by atoms with Gasteiger partial charge in [0.2, 0.25) is 0 Å². The molecule has 0 radical (unpaired) electrons. The van der Waals surface area contributed by atoms with Crippen LogP contribution in [-0.4, -0.2) is 23.0 Å². The Hall–Kier alpha value is -2.43. The third-order valence-corrected chi connectivity index (χ3v) is 3.36. The predicted molar refractivity (Wildman–Crippen MR) is 80.9 cm³/mol. The number of anilines is 1.